The maximum Gasteiger partial charge on any atom is 0.512 e. The summed E-state index contributed by atoms with van der Waals surface area (Å²) in [5, 5.41) is 15.5. The van der Waals surface area contributed by atoms with Gasteiger partial charge in [-0.05, 0) is 83.5 Å². The molecule has 5 rings (SSSR count). The number of benzene rings is 3. The first-order valence-corrected chi connectivity index (χ1v) is 20.1. The Morgan fingerprint density at radius 1 is 0.948 bits per heavy atom. The molecule has 0 N–H and O–H groups in total. The molecule has 306 valence electrons. The molecule has 18 heteroatoms. The van der Waals surface area contributed by atoms with E-state index in [1.54, 1.807) is 90.2 Å². The summed E-state index contributed by atoms with van der Waals surface area (Å²) in [5.41, 5.74) is -1.48. The molecule has 0 aliphatic rings. The average Bonchev–Trinajstić information content (AvgIpc) is 3.85. The molecule has 2 aromatic heterocycles. The first-order valence-electron chi connectivity index (χ1n) is 17.8. The lowest BCUT2D eigenvalue weighted by Crippen LogP contribution is -2.43. The van der Waals surface area contributed by atoms with Crippen LogP contribution < -0.4 is 0 Å². The third kappa shape index (κ3) is 11.6. The van der Waals surface area contributed by atoms with Crippen LogP contribution in [0.4, 0.5) is 13.6 Å². The number of rotatable bonds is 15. The molecule has 3 aromatic carbocycles. The highest BCUT2D eigenvalue weighted by Crippen LogP contribution is 2.56. The van der Waals surface area contributed by atoms with Crippen LogP contribution in [0.3, 0.4) is 0 Å². The summed E-state index contributed by atoms with van der Waals surface area (Å²) in [4.78, 5) is 35.1. The molecule has 0 aliphatic carbocycles. The van der Waals surface area contributed by atoms with Crippen LogP contribution >= 0.6 is 19.2 Å². The highest BCUT2D eigenvalue weighted by atomic mass is 32.1. The van der Waals surface area contributed by atoms with Crippen LogP contribution in [0.5, 0.6) is 0 Å². The molecule has 2 atom stereocenters. The number of nitriles is 1. The smallest absolute Gasteiger partial charge is 0.424 e. The van der Waals surface area contributed by atoms with Gasteiger partial charge in [-0.15, -0.1) is 11.3 Å². The van der Waals surface area contributed by atoms with E-state index in [-0.39, 0.29) is 24.3 Å². The lowest BCUT2D eigenvalue weighted by molar-refractivity contribution is -0.0882. The van der Waals surface area contributed by atoms with Crippen molar-refractivity contribution in [2.75, 3.05) is 6.79 Å². The number of carbonyl (C=O) groups excluding carboxylic acids is 2. The van der Waals surface area contributed by atoms with Gasteiger partial charge >= 0.3 is 19.9 Å². The minimum absolute atomic E-state index is 0.0881. The zero-order chi connectivity index (χ0) is 42.3. The Labute approximate surface area is 338 Å². The topological polar surface area (TPSA) is 174 Å². The zero-order valence-electron chi connectivity index (χ0n) is 32.8. The van der Waals surface area contributed by atoms with Crippen LogP contribution in [-0.2, 0) is 51.1 Å². The van der Waals surface area contributed by atoms with E-state index < -0.39 is 61.1 Å². The Morgan fingerprint density at radius 3 is 2.21 bits per heavy atom. The van der Waals surface area contributed by atoms with E-state index in [2.05, 4.69) is 16.2 Å². The number of ether oxygens (including phenoxy) is 3. The van der Waals surface area contributed by atoms with Crippen molar-refractivity contribution in [3.8, 4) is 17.3 Å². The van der Waals surface area contributed by atoms with Gasteiger partial charge in [-0.25, -0.2) is 37.6 Å². The largest absolute Gasteiger partial charge is 0.512 e. The summed E-state index contributed by atoms with van der Waals surface area (Å²) in [6.45, 7) is 10.6. The molecular formula is C40H42F2N5O9PS. The molecular weight excluding hydrogens is 796 g/mol. The van der Waals surface area contributed by atoms with E-state index in [0.717, 1.165) is 12.1 Å². The summed E-state index contributed by atoms with van der Waals surface area (Å²) in [5.74, 6) is -3.65. The van der Waals surface area contributed by atoms with Crippen molar-refractivity contribution in [2.45, 2.75) is 84.3 Å². The number of phosphoric acid groups is 1. The molecule has 0 bridgehead atoms. The van der Waals surface area contributed by atoms with E-state index in [1.807, 2.05) is 0 Å². The molecule has 2 unspecified atom stereocenters. The van der Waals surface area contributed by atoms with E-state index in [1.165, 1.54) is 40.8 Å². The maximum atomic E-state index is 15.8. The van der Waals surface area contributed by atoms with Crippen molar-refractivity contribution in [1.82, 2.24) is 19.7 Å². The van der Waals surface area contributed by atoms with Gasteiger partial charge in [0, 0.05) is 22.6 Å². The molecule has 0 amide bonds. The Kier molecular flexibility index (Phi) is 13.6. The summed E-state index contributed by atoms with van der Waals surface area (Å²) in [6, 6.07) is 17.6. The van der Waals surface area contributed by atoms with E-state index in [4.69, 9.17) is 32.8 Å². The average molecular weight is 838 g/mol. The fourth-order valence-electron chi connectivity index (χ4n) is 5.58. The van der Waals surface area contributed by atoms with Crippen LogP contribution in [0.15, 0.2) is 84.8 Å². The molecule has 0 saturated heterocycles. The van der Waals surface area contributed by atoms with E-state index in [0.29, 0.717) is 33.5 Å². The third-order valence-electron chi connectivity index (χ3n) is 8.13. The van der Waals surface area contributed by atoms with Crippen molar-refractivity contribution in [3.05, 3.63) is 124 Å². The monoisotopic (exact) mass is 837 g/mol. The third-order valence-corrected chi connectivity index (χ3v) is 11.2. The van der Waals surface area contributed by atoms with E-state index in [9.17, 15) is 23.8 Å². The number of carbonyl (C=O) groups is 2. The second-order valence-electron chi connectivity index (χ2n) is 15.0. The minimum atomic E-state index is -3.99. The Bertz CT molecular complexity index is 2270. The maximum absolute atomic E-state index is 15.8. The summed E-state index contributed by atoms with van der Waals surface area (Å²) in [7, 11) is -3.99. The van der Waals surface area contributed by atoms with Gasteiger partial charge < -0.3 is 14.2 Å². The van der Waals surface area contributed by atoms with Gasteiger partial charge in [0.25, 0.3) is 0 Å². The molecule has 58 heavy (non-hydrogen) atoms. The number of hydrogen-bond acceptors (Lipinski definition) is 14. The van der Waals surface area contributed by atoms with Crippen LogP contribution in [0.1, 0.15) is 86.4 Å². The number of esters is 1. The van der Waals surface area contributed by atoms with Crippen LogP contribution in [0.25, 0.3) is 11.3 Å². The van der Waals surface area contributed by atoms with Crippen LogP contribution in [0.2, 0.25) is 0 Å². The lowest BCUT2D eigenvalue weighted by Gasteiger charge is -2.37. The number of aromatic nitrogens is 4. The van der Waals surface area contributed by atoms with Gasteiger partial charge in [0.1, 0.15) is 29.3 Å². The number of hydrogen-bond donors (Lipinski definition) is 0. The van der Waals surface area contributed by atoms with Crippen molar-refractivity contribution in [2.24, 2.45) is 0 Å². The molecule has 0 spiro atoms. The molecule has 2 heterocycles. The van der Waals surface area contributed by atoms with Gasteiger partial charge in [-0.1, -0.05) is 31.2 Å². The number of phosphoric ester groups is 1. The Hall–Kier alpha value is -5.37. The fraction of sp³-hybridized carbons (Fsp3) is 0.350. The molecule has 0 aliphatic heterocycles. The van der Waals surface area contributed by atoms with Crippen LogP contribution in [0, 0.1) is 23.0 Å². The van der Waals surface area contributed by atoms with E-state index >= 15 is 4.39 Å². The highest BCUT2D eigenvalue weighted by Gasteiger charge is 2.48. The fourth-order valence-corrected chi connectivity index (χ4v) is 8.34. The standard InChI is InChI=1S/C40H42F2N5O9PS/c1-26(35-46-34(21-58-35)29-12-8-27(19-43)9-13-29)40(22-47-24-44-23-45-47,32-17-16-31(41)18-33(32)42)54-37(49)52-25-51-36(48)30-14-10-28(11-15-30)20-53-57(50,55-38(2,3)4)56-39(5,6)7/h8-18,21,23-24,26H,20,22,25H2,1-7H3. The van der Waals surface area contributed by atoms with Gasteiger partial charge in [0.15, 0.2) is 5.60 Å². The normalized spacial score (nSPS) is 13.6. The first kappa shape index (κ1) is 43.7. The van der Waals surface area contributed by atoms with Crippen molar-refractivity contribution >= 4 is 31.3 Å². The molecule has 14 nitrogen and oxygen atoms in total. The Morgan fingerprint density at radius 2 is 1.62 bits per heavy atom. The molecule has 0 radical (unpaired) electrons. The van der Waals surface area contributed by atoms with Crippen molar-refractivity contribution in [1.29, 1.82) is 5.26 Å². The molecule has 5 aromatic rings. The summed E-state index contributed by atoms with van der Waals surface area (Å²) in [6.07, 6.45) is 1.22. The van der Waals surface area contributed by atoms with Crippen molar-refractivity contribution < 1.29 is 50.7 Å². The second kappa shape index (κ2) is 18.0. The van der Waals surface area contributed by atoms with Gasteiger partial charge in [0.05, 0.1) is 53.2 Å². The Balaban J connectivity index is 1.32. The zero-order valence-corrected chi connectivity index (χ0v) is 34.5. The molecule has 0 saturated carbocycles. The quantitative estimate of drug-likeness (QED) is 0.0555. The lowest BCUT2D eigenvalue weighted by atomic mass is 9.81. The predicted octanol–water partition coefficient (Wildman–Crippen LogP) is 9.47. The summed E-state index contributed by atoms with van der Waals surface area (Å²) < 4.78 is 77.9. The second-order valence-corrected chi connectivity index (χ2v) is 17.4. The van der Waals surface area contributed by atoms with Crippen molar-refractivity contribution in [3.63, 3.8) is 0 Å². The van der Waals surface area contributed by atoms with Gasteiger partial charge in [-0.3, -0.25) is 13.6 Å². The minimum Gasteiger partial charge on any atom is -0.424 e. The highest BCUT2D eigenvalue weighted by molar-refractivity contribution is 7.48. The summed E-state index contributed by atoms with van der Waals surface area (Å²) >= 11 is 1.21. The van der Waals surface area contributed by atoms with Gasteiger partial charge in [-0.2, -0.15) is 10.4 Å². The number of nitrogens with zero attached hydrogens (tertiary/aromatic N) is 5. The SMILES string of the molecule is CC(c1nc(-c2ccc(C#N)cc2)cs1)C(Cn1cncn1)(OC(=O)OCOC(=O)c1ccc(COP(=O)(OC(C)(C)C)OC(C)(C)C)cc1)c1ccc(F)cc1F. The molecule has 0 fully saturated rings. The predicted molar refractivity (Wildman–Crippen MR) is 207 cm³/mol. The van der Waals surface area contributed by atoms with Crippen LogP contribution in [-0.4, -0.2) is 49.9 Å². The van der Waals surface area contributed by atoms with Gasteiger partial charge in [0.2, 0.25) is 6.79 Å². The number of thiazole rings is 1. The number of halogens is 2. The first-order chi connectivity index (χ1) is 27.3.